The van der Waals surface area contributed by atoms with Gasteiger partial charge in [-0.3, -0.25) is 14.9 Å². The number of carbonyl (C=O) groups excluding carboxylic acids is 1. The molecule has 164 valence electrons. The Labute approximate surface area is 183 Å². The Morgan fingerprint density at radius 2 is 1.97 bits per heavy atom. The van der Waals surface area contributed by atoms with Gasteiger partial charge in [-0.1, -0.05) is 32.0 Å². The molecule has 2 aliphatic heterocycles. The highest BCUT2D eigenvalue weighted by atomic mass is 16.6. The molecule has 2 aromatic rings. The molecular formula is C24H30N4O3. The third-order valence-corrected chi connectivity index (χ3v) is 6.39. The zero-order valence-corrected chi connectivity index (χ0v) is 18.2. The first-order valence-electron chi connectivity index (χ1n) is 11.1. The van der Waals surface area contributed by atoms with E-state index in [1.54, 1.807) is 12.1 Å². The Bertz CT molecular complexity index is 947. The zero-order chi connectivity index (χ0) is 22.0. The van der Waals surface area contributed by atoms with E-state index in [0.29, 0.717) is 18.9 Å². The summed E-state index contributed by atoms with van der Waals surface area (Å²) in [5, 5.41) is 14.4. The Kier molecular flexibility index (Phi) is 6.11. The number of rotatable bonds is 6. The zero-order valence-electron chi connectivity index (χ0n) is 18.2. The summed E-state index contributed by atoms with van der Waals surface area (Å²) >= 11 is 0. The van der Waals surface area contributed by atoms with Crippen LogP contribution in [0.5, 0.6) is 0 Å². The summed E-state index contributed by atoms with van der Waals surface area (Å²) in [5.41, 5.74) is 3.16. The van der Waals surface area contributed by atoms with E-state index in [-0.39, 0.29) is 28.5 Å². The molecule has 2 aliphatic rings. The van der Waals surface area contributed by atoms with Gasteiger partial charge in [0.15, 0.2) is 0 Å². The van der Waals surface area contributed by atoms with Gasteiger partial charge in [-0.05, 0) is 42.5 Å². The van der Waals surface area contributed by atoms with E-state index in [1.807, 2.05) is 24.3 Å². The Hall–Kier alpha value is -3.09. The third kappa shape index (κ3) is 4.50. The summed E-state index contributed by atoms with van der Waals surface area (Å²) in [6.45, 7) is 7.32. The van der Waals surface area contributed by atoms with Crippen LogP contribution in [0.1, 0.15) is 25.8 Å². The minimum absolute atomic E-state index is 0.0296. The fourth-order valence-corrected chi connectivity index (χ4v) is 4.71. The summed E-state index contributed by atoms with van der Waals surface area (Å²) < 4.78 is 0. The molecule has 0 saturated carbocycles. The van der Waals surface area contributed by atoms with Crippen LogP contribution in [0.4, 0.5) is 17.1 Å². The maximum Gasteiger partial charge on any atom is 0.269 e. The highest BCUT2D eigenvalue weighted by Crippen LogP contribution is 2.38. The highest BCUT2D eigenvalue weighted by molar-refractivity contribution is 5.82. The maximum absolute atomic E-state index is 13.2. The lowest BCUT2D eigenvalue weighted by molar-refractivity contribution is -0.384. The van der Waals surface area contributed by atoms with Gasteiger partial charge in [0.1, 0.15) is 0 Å². The first-order chi connectivity index (χ1) is 14.9. The van der Waals surface area contributed by atoms with Crippen molar-refractivity contribution >= 4 is 23.0 Å². The smallest absolute Gasteiger partial charge is 0.269 e. The van der Waals surface area contributed by atoms with E-state index < -0.39 is 0 Å². The van der Waals surface area contributed by atoms with Crippen molar-refractivity contribution in [1.29, 1.82) is 0 Å². The number of nitrogens with one attached hydrogen (secondary N) is 1. The second-order valence-electron chi connectivity index (χ2n) is 8.90. The molecule has 1 fully saturated rings. The van der Waals surface area contributed by atoms with Crippen LogP contribution in [0.15, 0.2) is 48.5 Å². The number of nitrogens with zero attached hydrogens (tertiary/aromatic N) is 3. The van der Waals surface area contributed by atoms with E-state index >= 15 is 0 Å². The molecule has 0 aromatic heterocycles. The van der Waals surface area contributed by atoms with Gasteiger partial charge in [-0.15, -0.1) is 0 Å². The van der Waals surface area contributed by atoms with Crippen LogP contribution in [0.25, 0.3) is 0 Å². The van der Waals surface area contributed by atoms with Crippen molar-refractivity contribution in [3.8, 4) is 0 Å². The van der Waals surface area contributed by atoms with E-state index in [9.17, 15) is 14.9 Å². The number of nitro benzene ring substituents is 1. The van der Waals surface area contributed by atoms with Crippen molar-refractivity contribution in [3.05, 3.63) is 64.2 Å². The number of fused-ring (bicyclic) bond motifs is 3. The van der Waals surface area contributed by atoms with Crippen molar-refractivity contribution in [2.45, 2.75) is 32.7 Å². The highest BCUT2D eigenvalue weighted by Gasteiger charge is 2.42. The second-order valence-corrected chi connectivity index (χ2v) is 8.90. The second kappa shape index (κ2) is 8.96. The first-order valence-corrected chi connectivity index (χ1v) is 11.1. The van der Waals surface area contributed by atoms with Crippen molar-refractivity contribution in [2.24, 2.45) is 11.8 Å². The normalized spacial score (nSPS) is 20.2. The van der Waals surface area contributed by atoms with Gasteiger partial charge in [-0.2, -0.15) is 0 Å². The largest absolute Gasteiger partial charge is 0.368 e. The molecule has 0 unspecified atom stereocenters. The fourth-order valence-electron chi connectivity index (χ4n) is 4.71. The number of hydrogen-bond donors (Lipinski definition) is 1. The van der Waals surface area contributed by atoms with E-state index in [0.717, 1.165) is 43.0 Å². The third-order valence-electron chi connectivity index (χ3n) is 6.39. The standard InChI is InChI=1S/C24H30N4O3/c1-17(2)10-11-25-24(29)21-15-18-14-20(28(30)31)8-9-22(18)27-13-12-26(16-23(21)27)19-6-4-3-5-7-19/h3-9,14,17,21,23H,10-13,15-16H2,1-2H3,(H,25,29)/t21-,23-/m1/s1. The van der Waals surface area contributed by atoms with Crippen LogP contribution < -0.4 is 15.1 Å². The fraction of sp³-hybridized carbons (Fsp3) is 0.458. The average Bonchev–Trinajstić information content (AvgIpc) is 2.78. The lowest BCUT2D eigenvalue weighted by Crippen LogP contribution is -2.61. The van der Waals surface area contributed by atoms with Gasteiger partial charge in [0, 0.05) is 49.7 Å². The Morgan fingerprint density at radius 3 is 2.68 bits per heavy atom. The van der Waals surface area contributed by atoms with Crippen LogP contribution in [0.2, 0.25) is 0 Å². The molecule has 1 N–H and O–H groups in total. The molecule has 7 nitrogen and oxygen atoms in total. The van der Waals surface area contributed by atoms with Crippen molar-refractivity contribution in [2.75, 3.05) is 36.0 Å². The Morgan fingerprint density at radius 1 is 1.19 bits per heavy atom. The molecular weight excluding hydrogens is 392 g/mol. The molecule has 1 amide bonds. The van der Waals surface area contributed by atoms with Crippen LogP contribution in [0.3, 0.4) is 0 Å². The van der Waals surface area contributed by atoms with Gasteiger partial charge in [-0.25, -0.2) is 0 Å². The molecule has 31 heavy (non-hydrogen) atoms. The van der Waals surface area contributed by atoms with Crippen LogP contribution in [0, 0.1) is 22.0 Å². The minimum Gasteiger partial charge on any atom is -0.368 e. The number of hydrogen-bond acceptors (Lipinski definition) is 5. The predicted octanol–water partition coefficient (Wildman–Crippen LogP) is 3.62. The number of benzene rings is 2. The van der Waals surface area contributed by atoms with E-state index in [1.165, 1.54) is 0 Å². The monoisotopic (exact) mass is 422 g/mol. The number of para-hydroxylation sites is 1. The number of non-ortho nitro benzene ring substituents is 1. The first kappa shape index (κ1) is 21.2. The molecule has 2 atom stereocenters. The minimum atomic E-state index is -0.364. The van der Waals surface area contributed by atoms with Crippen LogP contribution in [-0.2, 0) is 11.2 Å². The summed E-state index contributed by atoms with van der Waals surface area (Å²) in [7, 11) is 0. The average molecular weight is 423 g/mol. The molecule has 0 bridgehead atoms. The number of carbonyl (C=O) groups is 1. The molecule has 0 radical (unpaired) electrons. The van der Waals surface area contributed by atoms with Crippen molar-refractivity contribution < 1.29 is 9.72 Å². The number of nitro groups is 1. The van der Waals surface area contributed by atoms with E-state index in [4.69, 9.17) is 0 Å². The van der Waals surface area contributed by atoms with Gasteiger partial charge < -0.3 is 15.1 Å². The lowest BCUT2D eigenvalue weighted by atomic mass is 9.83. The molecule has 2 heterocycles. The number of amides is 1. The summed E-state index contributed by atoms with van der Waals surface area (Å²) in [4.78, 5) is 28.8. The van der Waals surface area contributed by atoms with Gasteiger partial charge in [0.25, 0.3) is 5.69 Å². The summed E-state index contributed by atoms with van der Waals surface area (Å²) in [6.07, 6.45) is 1.46. The quantitative estimate of drug-likeness (QED) is 0.568. The van der Waals surface area contributed by atoms with Gasteiger partial charge in [0.2, 0.25) is 5.91 Å². The van der Waals surface area contributed by atoms with Crippen molar-refractivity contribution in [3.63, 3.8) is 0 Å². The van der Waals surface area contributed by atoms with Crippen LogP contribution in [-0.4, -0.2) is 43.1 Å². The molecule has 0 aliphatic carbocycles. The van der Waals surface area contributed by atoms with Gasteiger partial charge in [0.05, 0.1) is 16.9 Å². The summed E-state index contributed by atoms with van der Waals surface area (Å²) in [5.74, 6) is 0.325. The topological polar surface area (TPSA) is 78.7 Å². The molecule has 7 heteroatoms. The molecule has 4 rings (SSSR count). The van der Waals surface area contributed by atoms with Crippen LogP contribution >= 0.6 is 0 Å². The SMILES string of the molecule is CC(C)CCNC(=O)[C@@H]1Cc2cc([N+](=O)[O-])ccc2N2CCN(c3ccccc3)C[C@H]12. The Balaban J connectivity index is 1.62. The lowest BCUT2D eigenvalue weighted by Gasteiger charge is -2.49. The molecule has 2 aromatic carbocycles. The van der Waals surface area contributed by atoms with Crippen molar-refractivity contribution in [1.82, 2.24) is 5.32 Å². The summed E-state index contributed by atoms with van der Waals surface area (Å²) in [6, 6.07) is 15.4. The number of anilines is 2. The molecule has 1 saturated heterocycles. The van der Waals surface area contributed by atoms with E-state index in [2.05, 4.69) is 41.1 Å². The molecule has 0 spiro atoms. The predicted molar refractivity (Wildman–Crippen MR) is 123 cm³/mol. The number of piperazine rings is 1. The van der Waals surface area contributed by atoms with Gasteiger partial charge >= 0.3 is 0 Å². The maximum atomic E-state index is 13.2.